The van der Waals surface area contributed by atoms with Crippen molar-refractivity contribution in [2.24, 2.45) is 0 Å². The van der Waals surface area contributed by atoms with E-state index in [2.05, 4.69) is 43.8 Å². The summed E-state index contributed by atoms with van der Waals surface area (Å²) < 4.78 is 7.67. The van der Waals surface area contributed by atoms with Crippen molar-refractivity contribution < 1.29 is 4.74 Å². The van der Waals surface area contributed by atoms with E-state index in [1.807, 2.05) is 30.3 Å². The number of halogens is 3. The monoisotopic (exact) mass is 403 g/mol. The maximum absolute atomic E-state index is 5.88. The van der Waals surface area contributed by atoms with E-state index in [0.29, 0.717) is 11.8 Å². The third-order valence-corrected chi connectivity index (χ3v) is 3.96. The maximum atomic E-state index is 5.88. The Kier molecular flexibility index (Phi) is 5.25. The van der Waals surface area contributed by atoms with E-state index in [-0.39, 0.29) is 0 Å². The molecule has 0 saturated carbocycles. The number of ether oxygens (including phenoxy) is 1. The molecule has 1 heterocycles. The van der Waals surface area contributed by atoms with Crippen LogP contribution in [0.15, 0.2) is 39.3 Å². The van der Waals surface area contributed by atoms with Gasteiger partial charge in [-0.15, -0.1) is 11.6 Å². The zero-order valence-electron chi connectivity index (χ0n) is 10.3. The SMILES string of the molecule is CCc1cc(CCl)cc(Oc2ccc(Br)cc2Br)n1. The number of benzene rings is 1. The van der Waals surface area contributed by atoms with Crippen molar-refractivity contribution in [2.45, 2.75) is 19.2 Å². The van der Waals surface area contributed by atoms with Crippen molar-refractivity contribution in [3.05, 3.63) is 50.5 Å². The summed E-state index contributed by atoms with van der Waals surface area (Å²) in [6.07, 6.45) is 0.850. The van der Waals surface area contributed by atoms with Crippen LogP contribution in [0.25, 0.3) is 0 Å². The highest BCUT2D eigenvalue weighted by molar-refractivity contribution is 9.11. The summed E-state index contributed by atoms with van der Waals surface area (Å²) in [4.78, 5) is 4.45. The molecule has 1 aromatic carbocycles. The van der Waals surface area contributed by atoms with Gasteiger partial charge >= 0.3 is 0 Å². The molecule has 0 saturated heterocycles. The van der Waals surface area contributed by atoms with Crippen molar-refractivity contribution in [1.29, 1.82) is 0 Å². The molecule has 2 rings (SSSR count). The van der Waals surface area contributed by atoms with Gasteiger partial charge in [0.15, 0.2) is 0 Å². The molecule has 2 aromatic rings. The first-order valence-corrected chi connectivity index (χ1v) is 7.93. The number of hydrogen-bond donors (Lipinski definition) is 0. The van der Waals surface area contributed by atoms with Gasteiger partial charge in [0, 0.05) is 22.1 Å². The summed E-state index contributed by atoms with van der Waals surface area (Å²) >= 11 is 12.8. The smallest absolute Gasteiger partial charge is 0.219 e. The largest absolute Gasteiger partial charge is 0.438 e. The van der Waals surface area contributed by atoms with Gasteiger partial charge in [0.1, 0.15) is 5.75 Å². The minimum atomic E-state index is 0.452. The average molecular weight is 406 g/mol. The van der Waals surface area contributed by atoms with Crippen LogP contribution >= 0.6 is 43.5 Å². The molecule has 100 valence electrons. The molecule has 1 aromatic heterocycles. The van der Waals surface area contributed by atoms with E-state index >= 15 is 0 Å². The normalized spacial score (nSPS) is 10.5. The zero-order valence-corrected chi connectivity index (χ0v) is 14.2. The fourth-order valence-electron chi connectivity index (χ4n) is 1.60. The number of pyridine rings is 1. The van der Waals surface area contributed by atoms with Gasteiger partial charge in [-0.25, -0.2) is 4.98 Å². The fraction of sp³-hybridized carbons (Fsp3) is 0.214. The molecule has 0 N–H and O–H groups in total. The highest BCUT2D eigenvalue weighted by atomic mass is 79.9. The van der Waals surface area contributed by atoms with Gasteiger partial charge in [-0.3, -0.25) is 0 Å². The molecule has 2 nitrogen and oxygen atoms in total. The summed E-state index contributed by atoms with van der Waals surface area (Å²) in [7, 11) is 0. The fourth-order valence-corrected chi connectivity index (χ4v) is 2.88. The minimum absolute atomic E-state index is 0.452. The minimum Gasteiger partial charge on any atom is -0.438 e. The summed E-state index contributed by atoms with van der Waals surface area (Å²) in [5.41, 5.74) is 1.98. The van der Waals surface area contributed by atoms with Gasteiger partial charge in [-0.2, -0.15) is 0 Å². The highest BCUT2D eigenvalue weighted by Gasteiger charge is 2.07. The van der Waals surface area contributed by atoms with Crippen LogP contribution in [0.5, 0.6) is 11.6 Å². The Morgan fingerprint density at radius 3 is 2.63 bits per heavy atom. The van der Waals surface area contributed by atoms with E-state index in [0.717, 1.165) is 32.4 Å². The predicted octanol–water partition coefficient (Wildman–Crippen LogP) is 5.70. The first kappa shape index (κ1) is 14.8. The lowest BCUT2D eigenvalue weighted by Crippen LogP contribution is -1.95. The Morgan fingerprint density at radius 2 is 2.00 bits per heavy atom. The number of aryl methyl sites for hydroxylation is 1. The molecule has 0 aliphatic rings. The second-order valence-electron chi connectivity index (χ2n) is 3.97. The van der Waals surface area contributed by atoms with E-state index in [4.69, 9.17) is 16.3 Å². The molecule has 0 aliphatic heterocycles. The van der Waals surface area contributed by atoms with Gasteiger partial charge in [-0.1, -0.05) is 22.9 Å². The van der Waals surface area contributed by atoms with Crippen molar-refractivity contribution >= 4 is 43.5 Å². The van der Waals surface area contributed by atoms with E-state index in [9.17, 15) is 0 Å². The van der Waals surface area contributed by atoms with Crippen LogP contribution in [-0.2, 0) is 12.3 Å². The molecule has 0 unspecified atom stereocenters. The number of rotatable bonds is 4. The van der Waals surface area contributed by atoms with Crippen LogP contribution in [0.3, 0.4) is 0 Å². The van der Waals surface area contributed by atoms with E-state index in [1.165, 1.54) is 0 Å². The van der Waals surface area contributed by atoms with Crippen LogP contribution in [-0.4, -0.2) is 4.98 Å². The van der Waals surface area contributed by atoms with E-state index in [1.54, 1.807) is 0 Å². The van der Waals surface area contributed by atoms with Gasteiger partial charge in [0.05, 0.1) is 4.47 Å². The third kappa shape index (κ3) is 3.94. The van der Waals surface area contributed by atoms with Crippen molar-refractivity contribution in [2.75, 3.05) is 0 Å². The molecular weight excluding hydrogens is 393 g/mol. The topological polar surface area (TPSA) is 22.1 Å². The third-order valence-electron chi connectivity index (χ3n) is 2.54. The molecule has 0 aliphatic carbocycles. The molecule has 0 fully saturated rings. The van der Waals surface area contributed by atoms with E-state index < -0.39 is 0 Å². The van der Waals surface area contributed by atoms with Gasteiger partial charge < -0.3 is 4.74 Å². The number of alkyl halides is 1. The van der Waals surface area contributed by atoms with Crippen molar-refractivity contribution in [3.63, 3.8) is 0 Å². The van der Waals surface area contributed by atoms with Crippen molar-refractivity contribution in [1.82, 2.24) is 4.98 Å². The maximum Gasteiger partial charge on any atom is 0.219 e. The Hall–Kier alpha value is -0.580. The predicted molar refractivity (Wildman–Crippen MR) is 85.1 cm³/mol. The van der Waals surface area contributed by atoms with Crippen LogP contribution in [0.4, 0.5) is 0 Å². The van der Waals surface area contributed by atoms with Crippen LogP contribution in [0, 0.1) is 0 Å². The standard InChI is InChI=1S/C14H12Br2ClNO/c1-2-11-5-9(8-17)6-14(18-11)19-13-4-3-10(15)7-12(13)16/h3-7H,2,8H2,1H3. The zero-order chi connectivity index (χ0) is 13.8. The highest BCUT2D eigenvalue weighted by Crippen LogP contribution is 2.31. The summed E-state index contributed by atoms with van der Waals surface area (Å²) in [6, 6.07) is 9.60. The Balaban J connectivity index is 2.31. The molecule has 0 spiro atoms. The van der Waals surface area contributed by atoms with Crippen LogP contribution < -0.4 is 4.74 Å². The second kappa shape index (κ2) is 6.73. The molecular formula is C14H12Br2ClNO. The molecule has 19 heavy (non-hydrogen) atoms. The average Bonchev–Trinajstić information content (AvgIpc) is 2.41. The quantitative estimate of drug-likeness (QED) is 0.609. The summed E-state index contributed by atoms with van der Waals surface area (Å²) in [5.74, 6) is 1.75. The lowest BCUT2D eigenvalue weighted by atomic mass is 10.2. The molecule has 0 amide bonds. The van der Waals surface area contributed by atoms with Gasteiger partial charge in [0.25, 0.3) is 0 Å². The first-order chi connectivity index (χ1) is 9.12. The molecule has 0 radical (unpaired) electrons. The number of aromatic nitrogens is 1. The number of hydrogen-bond acceptors (Lipinski definition) is 2. The molecule has 0 bridgehead atoms. The summed E-state index contributed by atoms with van der Waals surface area (Å²) in [6.45, 7) is 2.06. The Bertz CT molecular complexity index is 567. The lowest BCUT2D eigenvalue weighted by molar-refractivity contribution is 0.457. The molecule has 0 atom stereocenters. The first-order valence-electron chi connectivity index (χ1n) is 5.81. The summed E-state index contributed by atoms with van der Waals surface area (Å²) in [5, 5.41) is 0. The lowest BCUT2D eigenvalue weighted by Gasteiger charge is -2.09. The molecule has 5 heteroatoms. The Labute approximate surface area is 134 Å². The van der Waals surface area contributed by atoms with Gasteiger partial charge in [0.2, 0.25) is 5.88 Å². The second-order valence-corrected chi connectivity index (χ2v) is 6.01. The van der Waals surface area contributed by atoms with Crippen LogP contribution in [0.2, 0.25) is 0 Å². The Morgan fingerprint density at radius 1 is 1.21 bits per heavy atom. The van der Waals surface area contributed by atoms with Gasteiger partial charge in [-0.05, 0) is 52.2 Å². The number of nitrogens with zero attached hydrogens (tertiary/aromatic N) is 1. The van der Waals surface area contributed by atoms with Crippen molar-refractivity contribution in [3.8, 4) is 11.6 Å². The van der Waals surface area contributed by atoms with Crippen LogP contribution in [0.1, 0.15) is 18.2 Å².